The van der Waals surface area contributed by atoms with Crippen molar-refractivity contribution in [2.45, 2.75) is 32.9 Å². The van der Waals surface area contributed by atoms with Gasteiger partial charge in [0.2, 0.25) is 5.91 Å². The van der Waals surface area contributed by atoms with Gasteiger partial charge in [0.05, 0.1) is 18.8 Å². The second kappa shape index (κ2) is 9.40. The number of benzene rings is 1. The van der Waals surface area contributed by atoms with Gasteiger partial charge in [0.15, 0.2) is 0 Å². The Kier molecular flexibility index (Phi) is 6.41. The number of aryl methyl sites for hydroxylation is 2. The number of carbonyl (C=O) groups excluding carboxylic acids is 1. The van der Waals surface area contributed by atoms with E-state index in [0.717, 1.165) is 16.8 Å². The summed E-state index contributed by atoms with van der Waals surface area (Å²) in [6, 6.07) is 12.1. The van der Waals surface area contributed by atoms with E-state index < -0.39 is 5.69 Å². The summed E-state index contributed by atoms with van der Waals surface area (Å²) in [5, 5.41) is 0. The zero-order valence-electron chi connectivity index (χ0n) is 18.1. The van der Waals surface area contributed by atoms with Gasteiger partial charge in [0, 0.05) is 24.1 Å². The van der Waals surface area contributed by atoms with Crippen molar-refractivity contribution in [3.05, 3.63) is 93.2 Å². The summed E-state index contributed by atoms with van der Waals surface area (Å²) in [6.07, 6.45) is 2.10. The molecule has 0 N–H and O–H groups in total. The highest BCUT2D eigenvalue weighted by Gasteiger charge is 2.26. The molecule has 1 amide bonds. The minimum atomic E-state index is -0.418. The van der Waals surface area contributed by atoms with E-state index >= 15 is 0 Å². The van der Waals surface area contributed by atoms with Crippen LogP contribution in [0, 0.1) is 19.7 Å². The van der Waals surface area contributed by atoms with E-state index in [4.69, 9.17) is 4.74 Å². The first-order chi connectivity index (χ1) is 15.4. The molecule has 1 fully saturated rings. The molecule has 1 aliphatic heterocycles. The van der Waals surface area contributed by atoms with E-state index in [0.29, 0.717) is 37.5 Å². The van der Waals surface area contributed by atoms with Gasteiger partial charge in [-0.1, -0.05) is 18.2 Å². The lowest BCUT2D eigenvalue weighted by Gasteiger charge is -2.33. The van der Waals surface area contributed by atoms with Crippen LogP contribution in [0.4, 0.5) is 4.39 Å². The van der Waals surface area contributed by atoms with Gasteiger partial charge in [-0.15, -0.1) is 0 Å². The Labute approximate surface area is 185 Å². The number of morpholine rings is 1. The Bertz CT molecular complexity index is 1160. The summed E-state index contributed by atoms with van der Waals surface area (Å²) in [5.74, 6) is -0.406. The third-order valence-corrected chi connectivity index (χ3v) is 5.56. The summed E-state index contributed by atoms with van der Waals surface area (Å²) in [6.45, 7) is 4.74. The molecule has 1 aliphatic rings. The van der Waals surface area contributed by atoms with Crippen LogP contribution in [0.15, 0.2) is 53.5 Å². The maximum atomic E-state index is 13.1. The maximum absolute atomic E-state index is 13.1. The van der Waals surface area contributed by atoms with Crippen molar-refractivity contribution in [3.63, 3.8) is 0 Å². The molecule has 0 spiro atoms. The van der Waals surface area contributed by atoms with Gasteiger partial charge >= 0.3 is 5.69 Å². The Balaban J connectivity index is 1.40. The minimum Gasteiger partial charge on any atom is -0.368 e. The van der Waals surface area contributed by atoms with E-state index in [-0.39, 0.29) is 24.4 Å². The molecule has 0 bridgehead atoms. The largest absolute Gasteiger partial charge is 0.368 e. The summed E-state index contributed by atoms with van der Waals surface area (Å²) < 4.78 is 20.3. The molecular formula is C24H25FN4O3. The molecule has 166 valence electrons. The van der Waals surface area contributed by atoms with Crippen molar-refractivity contribution in [3.8, 4) is 0 Å². The van der Waals surface area contributed by atoms with E-state index in [2.05, 4.69) is 9.97 Å². The first-order valence-corrected chi connectivity index (χ1v) is 10.5. The van der Waals surface area contributed by atoms with E-state index in [9.17, 15) is 14.0 Å². The number of aromatic nitrogens is 3. The second-order valence-electron chi connectivity index (χ2n) is 8.00. The fourth-order valence-corrected chi connectivity index (χ4v) is 3.83. The molecule has 0 radical (unpaired) electrons. The fraction of sp³-hybridized carbons (Fsp3) is 0.333. The van der Waals surface area contributed by atoms with Gasteiger partial charge in [0.1, 0.15) is 18.5 Å². The van der Waals surface area contributed by atoms with Gasteiger partial charge in [-0.3, -0.25) is 14.3 Å². The summed E-state index contributed by atoms with van der Waals surface area (Å²) >= 11 is 0. The summed E-state index contributed by atoms with van der Waals surface area (Å²) in [4.78, 5) is 35.2. The van der Waals surface area contributed by atoms with E-state index in [1.807, 2.05) is 12.1 Å². The zero-order valence-corrected chi connectivity index (χ0v) is 18.1. The van der Waals surface area contributed by atoms with E-state index in [1.54, 1.807) is 43.1 Å². The fourth-order valence-electron chi connectivity index (χ4n) is 3.83. The van der Waals surface area contributed by atoms with Crippen LogP contribution >= 0.6 is 0 Å². The Morgan fingerprint density at radius 2 is 1.91 bits per heavy atom. The van der Waals surface area contributed by atoms with Gasteiger partial charge < -0.3 is 9.64 Å². The Morgan fingerprint density at radius 3 is 2.59 bits per heavy atom. The molecule has 8 heteroatoms. The van der Waals surface area contributed by atoms with Crippen LogP contribution in [0.3, 0.4) is 0 Å². The molecule has 7 nitrogen and oxygen atoms in total. The van der Waals surface area contributed by atoms with E-state index in [1.165, 1.54) is 16.7 Å². The van der Waals surface area contributed by atoms with Crippen LogP contribution in [-0.4, -0.2) is 45.0 Å². The standard InChI is InChI=1S/C24H25FN4O3/c1-16-11-17(2)29(24(31)27-16)15-23(30)28-9-10-32-22(14-28)21-8-5-19(13-26-21)12-18-3-6-20(25)7-4-18/h3-8,11,13,22H,9-10,12,14-15H2,1-2H3/t22-/m1/s1. The Hall–Kier alpha value is -3.39. The quantitative estimate of drug-likeness (QED) is 0.615. The number of carbonyl (C=O) groups is 1. The molecule has 32 heavy (non-hydrogen) atoms. The average Bonchev–Trinajstić information content (AvgIpc) is 2.78. The predicted octanol–water partition coefficient (Wildman–Crippen LogP) is 2.59. The van der Waals surface area contributed by atoms with Crippen LogP contribution in [-0.2, 0) is 22.5 Å². The normalized spacial score (nSPS) is 16.2. The second-order valence-corrected chi connectivity index (χ2v) is 8.00. The highest BCUT2D eigenvalue weighted by molar-refractivity contribution is 5.76. The lowest BCUT2D eigenvalue weighted by Crippen LogP contribution is -2.45. The van der Waals surface area contributed by atoms with Crippen LogP contribution < -0.4 is 5.69 Å². The third-order valence-electron chi connectivity index (χ3n) is 5.56. The van der Waals surface area contributed by atoms with Crippen LogP contribution in [0.2, 0.25) is 0 Å². The number of halogens is 1. The molecule has 3 heterocycles. The van der Waals surface area contributed by atoms with Crippen molar-refractivity contribution in [2.75, 3.05) is 19.7 Å². The van der Waals surface area contributed by atoms with Crippen LogP contribution in [0.1, 0.15) is 34.3 Å². The molecular weight excluding hydrogens is 411 g/mol. The molecule has 2 aromatic heterocycles. The van der Waals surface area contributed by atoms with Gasteiger partial charge in [-0.25, -0.2) is 9.18 Å². The maximum Gasteiger partial charge on any atom is 0.348 e. The predicted molar refractivity (Wildman–Crippen MR) is 117 cm³/mol. The number of amides is 1. The highest BCUT2D eigenvalue weighted by Crippen LogP contribution is 2.22. The molecule has 3 aromatic rings. The van der Waals surface area contributed by atoms with Crippen molar-refractivity contribution < 1.29 is 13.9 Å². The third kappa shape index (κ3) is 5.08. The first-order valence-electron chi connectivity index (χ1n) is 10.5. The molecule has 0 saturated carbocycles. The molecule has 4 rings (SSSR count). The molecule has 1 atom stereocenters. The molecule has 0 aliphatic carbocycles. The zero-order chi connectivity index (χ0) is 22.7. The molecule has 1 aromatic carbocycles. The Morgan fingerprint density at radius 1 is 1.16 bits per heavy atom. The summed E-state index contributed by atoms with van der Waals surface area (Å²) in [5.41, 5.74) is 3.68. The number of hydrogen-bond donors (Lipinski definition) is 0. The van der Waals surface area contributed by atoms with Gasteiger partial charge in [-0.05, 0) is 55.7 Å². The SMILES string of the molecule is Cc1cc(C)n(CC(=O)N2CCO[C@@H](c3ccc(Cc4ccc(F)cc4)cn3)C2)c(=O)n1. The van der Waals surface area contributed by atoms with Gasteiger partial charge in [-0.2, -0.15) is 4.98 Å². The summed E-state index contributed by atoms with van der Waals surface area (Å²) in [7, 11) is 0. The minimum absolute atomic E-state index is 0.0469. The van der Waals surface area contributed by atoms with Crippen molar-refractivity contribution in [1.82, 2.24) is 19.4 Å². The number of rotatable bonds is 5. The number of ether oxygens (including phenoxy) is 1. The van der Waals surface area contributed by atoms with Crippen molar-refractivity contribution in [1.29, 1.82) is 0 Å². The highest BCUT2D eigenvalue weighted by atomic mass is 19.1. The average molecular weight is 436 g/mol. The van der Waals surface area contributed by atoms with Crippen molar-refractivity contribution >= 4 is 5.91 Å². The smallest absolute Gasteiger partial charge is 0.348 e. The topological polar surface area (TPSA) is 77.3 Å². The molecule has 1 saturated heterocycles. The molecule has 0 unspecified atom stereocenters. The van der Waals surface area contributed by atoms with Gasteiger partial charge in [0.25, 0.3) is 0 Å². The van der Waals surface area contributed by atoms with Crippen molar-refractivity contribution in [2.24, 2.45) is 0 Å². The number of hydrogen-bond acceptors (Lipinski definition) is 5. The lowest BCUT2D eigenvalue weighted by atomic mass is 10.1. The lowest BCUT2D eigenvalue weighted by molar-refractivity contribution is -0.139. The monoisotopic (exact) mass is 436 g/mol. The van der Waals surface area contributed by atoms with Crippen LogP contribution in [0.5, 0.6) is 0 Å². The number of pyridine rings is 1. The van der Waals surface area contributed by atoms with Crippen LogP contribution in [0.25, 0.3) is 0 Å². The number of nitrogens with zero attached hydrogens (tertiary/aromatic N) is 4. The first kappa shape index (κ1) is 21.8.